The van der Waals surface area contributed by atoms with Gasteiger partial charge in [-0.3, -0.25) is 0 Å². The van der Waals surface area contributed by atoms with Crippen LogP contribution in [0.5, 0.6) is 0 Å². The Labute approximate surface area is 84.7 Å². The first-order valence-corrected chi connectivity index (χ1v) is 5.11. The summed E-state index contributed by atoms with van der Waals surface area (Å²) in [7, 11) is 0. The van der Waals surface area contributed by atoms with E-state index in [0.29, 0.717) is 4.34 Å². The molecule has 0 radical (unpaired) electrons. The summed E-state index contributed by atoms with van der Waals surface area (Å²) >= 11 is 7.11. The fraction of sp³-hybridized carbons (Fsp3) is 0.500. The molecule has 1 aromatic heterocycles. The quantitative estimate of drug-likeness (QED) is 0.829. The van der Waals surface area contributed by atoms with E-state index in [1.165, 1.54) is 11.3 Å². The van der Waals surface area contributed by atoms with Gasteiger partial charge in [-0.1, -0.05) is 11.6 Å². The molecule has 1 N–H and O–H groups in total. The van der Waals surface area contributed by atoms with Crippen LogP contribution < -0.4 is 5.32 Å². The van der Waals surface area contributed by atoms with Crippen LogP contribution in [0.3, 0.4) is 0 Å². The van der Waals surface area contributed by atoms with Crippen molar-refractivity contribution in [2.75, 3.05) is 6.54 Å². The highest BCUT2D eigenvalue weighted by molar-refractivity contribution is 7.14. The number of rotatable bonds is 4. The Hall–Kier alpha value is -0.190. The largest absolute Gasteiger partial charge is 0.305 e. The third kappa shape index (κ3) is 3.58. The minimum atomic E-state index is -2.31. The smallest absolute Gasteiger partial charge is 0.250 e. The van der Waals surface area contributed by atoms with Crippen molar-refractivity contribution in [1.82, 2.24) is 5.32 Å². The standard InChI is InChI=1S/C8H10ClF2NS/c1-5(12-3-8(10)11)6-2-7(9)13-4-6/h2,4-5,8,12H,3H2,1H3. The lowest BCUT2D eigenvalue weighted by Crippen LogP contribution is -2.24. The van der Waals surface area contributed by atoms with Gasteiger partial charge in [-0.05, 0) is 23.9 Å². The van der Waals surface area contributed by atoms with Gasteiger partial charge in [0.15, 0.2) is 0 Å². The summed E-state index contributed by atoms with van der Waals surface area (Å²) in [5, 5.41) is 4.58. The number of hydrogen-bond acceptors (Lipinski definition) is 2. The number of alkyl halides is 2. The van der Waals surface area contributed by atoms with Gasteiger partial charge in [0.05, 0.1) is 10.9 Å². The lowest BCUT2D eigenvalue weighted by molar-refractivity contribution is 0.142. The van der Waals surface area contributed by atoms with Crippen molar-refractivity contribution in [1.29, 1.82) is 0 Å². The first kappa shape index (κ1) is 10.9. The molecule has 1 rings (SSSR count). The Kier molecular flexibility index (Phi) is 4.09. The van der Waals surface area contributed by atoms with E-state index in [-0.39, 0.29) is 12.6 Å². The second kappa shape index (κ2) is 4.88. The van der Waals surface area contributed by atoms with E-state index in [2.05, 4.69) is 5.32 Å². The normalized spacial score (nSPS) is 13.6. The molecule has 0 aliphatic carbocycles. The SMILES string of the molecule is CC(NCC(F)F)c1csc(Cl)c1. The van der Waals surface area contributed by atoms with Crippen LogP contribution in [0.4, 0.5) is 8.78 Å². The van der Waals surface area contributed by atoms with E-state index in [0.717, 1.165) is 5.56 Å². The maximum Gasteiger partial charge on any atom is 0.250 e. The summed E-state index contributed by atoms with van der Waals surface area (Å²) in [5.41, 5.74) is 0.954. The van der Waals surface area contributed by atoms with Crippen LogP contribution in [0.25, 0.3) is 0 Å². The molecule has 1 nitrogen and oxygen atoms in total. The molecule has 0 aliphatic rings. The third-order valence-electron chi connectivity index (χ3n) is 1.67. The number of nitrogens with one attached hydrogen (secondary N) is 1. The molecular weight excluding hydrogens is 216 g/mol. The molecule has 0 amide bonds. The Bertz CT molecular complexity index is 264. The topological polar surface area (TPSA) is 12.0 Å². The summed E-state index contributed by atoms with van der Waals surface area (Å²) in [4.78, 5) is 0. The Morgan fingerprint density at radius 3 is 2.77 bits per heavy atom. The third-order valence-corrected chi connectivity index (χ3v) is 2.78. The Morgan fingerprint density at radius 1 is 1.62 bits per heavy atom. The number of halogens is 3. The molecular formula is C8H10ClF2NS. The highest BCUT2D eigenvalue weighted by Gasteiger charge is 2.09. The van der Waals surface area contributed by atoms with E-state index in [1.807, 2.05) is 12.3 Å². The summed E-state index contributed by atoms with van der Waals surface area (Å²) in [6, 6.07) is 1.72. The molecule has 1 aromatic rings. The maximum atomic E-state index is 11.8. The first-order valence-electron chi connectivity index (χ1n) is 3.85. The molecule has 74 valence electrons. The summed E-state index contributed by atoms with van der Waals surface area (Å²) < 4.78 is 24.3. The average molecular weight is 226 g/mol. The van der Waals surface area contributed by atoms with E-state index >= 15 is 0 Å². The fourth-order valence-corrected chi connectivity index (χ4v) is 1.92. The Balaban J connectivity index is 2.44. The predicted octanol–water partition coefficient (Wildman–Crippen LogP) is 3.32. The highest BCUT2D eigenvalue weighted by Crippen LogP contribution is 2.24. The van der Waals surface area contributed by atoms with Crippen LogP contribution in [0.2, 0.25) is 4.34 Å². The molecule has 1 atom stereocenters. The summed E-state index contributed by atoms with van der Waals surface area (Å²) in [6.07, 6.45) is -2.31. The van der Waals surface area contributed by atoms with Gasteiger partial charge in [0.2, 0.25) is 0 Å². The lowest BCUT2D eigenvalue weighted by atomic mass is 10.2. The number of thiophene rings is 1. The van der Waals surface area contributed by atoms with Gasteiger partial charge in [-0.15, -0.1) is 11.3 Å². The molecule has 1 unspecified atom stereocenters. The summed E-state index contributed by atoms with van der Waals surface area (Å²) in [6.45, 7) is 1.55. The van der Waals surface area contributed by atoms with Crippen molar-refractivity contribution in [3.63, 3.8) is 0 Å². The van der Waals surface area contributed by atoms with E-state index < -0.39 is 6.43 Å². The molecule has 5 heteroatoms. The zero-order valence-corrected chi connectivity index (χ0v) is 8.63. The summed E-state index contributed by atoms with van der Waals surface area (Å²) in [5.74, 6) is 0. The first-order chi connectivity index (χ1) is 6.09. The van der Waals surface area contributed by atoms with E-state index in [4.69, 9.17) is 11.6 Å². The molecule has 1 heterocycles. The molecule has 0 spiro atoms. The van der Waals surface area contributed by atoms with Crippen LogP contribution in [0.1, 0.15) is 18.5 Å². The van der Waals surface area contributed by atoms with Crippen LogP contribution in [-0.2, 0) is 0 Å². The van der Waals surface area contributed by atoms with Gasteiger partial charge in [0.1, 0.15) is 0 Å². The van der Waals surface area contributed by atoms with E-state index in [1.54, 1.807) is 6.07 Å². The van der Waals surface area contributed by atoms with Crippen molar-refractivity contribution in [2.24, 2.45) is 0 Å². The van der Waals surface area contributed by atoms with Crippen molar-refractivity contribution in [3.8, 4) is 0 Å². The van der Waals surface area contributed by atoms with Gasteiger partial charge >= 0.3 is 0 Å². The lowest BCUT2D eigenvalue weighted by Gasteiger charge is -2.11. The monoisotopic (exact) mass is 225 g/mol. The molecule has 0 aromatic carbocycles. The van der Waals surface area contributed by atoms with Crippen molar-refractivity contribution in [3.05, 3.63) is 21.3 Å². The minimum Gasteiger partial charge on any atom is -0.305 e. The van der Waals surface area contributed by atoms with Crippen molar-refractivity contribution < 1.29 is 8.78 Å². The van der Waals surface area contributed by atoms with E-state index in [9.17, 15) is 8.78 Å². The van der Waals surface area contributed by atoms with Gasteiger partial charge in [-0.2, -0.15) is 0 Å². The van der Waals surface area contributed by atoms with Gasteiger partial charge < -0.3 is 5.32 Å². The highest BCUT2D eigenvalue weighted by atomic mass is 35.5. The van der Waals surface area contributed by atoms with Crippen LogP contribution in [0.15, 0.2) is 11.4 Å². The molecule has 0 bridgehead atoms. The van der Waals surface area contributed by atoms with Gasteiger partial charge in [0, 0.05) is 6.04 Å². The zero-order valence-electron chi connectivity index (χ0n) is 7.06. The van der Waals surface area contributed by atoms with Crippen LogP contribution in [-0.4, -0.2) is 13.0 Å². The Morgan fingerprint density at radius 2 is 2.31 bits per heavy atom. The molecule has 0 aliphatic heterocycles. The zero-order chi connectivity index (χ0) is 9.84. The molecule has 0 fully saturated rings. The molecule has 0 saturated carbocycles. The fourth-order valence-electron chi connectivity index (χ4n) is 0.934. The van der Waals surface area contributed by atoms with Crippen molar-refractivity contribution >= 4 is 22.9 Å². The second-order valence-corrected chi connectivity index (χ2v) is 4.25. The predicted molar refractivity (Wildman–Crippen MR) is 51.8 cm³/mol. The molecule has 13 heavy (non-hydrogen) atoms. The average Bonchev–Trinajstić information content (AvgIpc) is 2.47. The van der Waals surface area contributed by atoms with Crippen LogP contribution >= 0.6 is 22.9 Å². The number of hydrogen-bond donors (Lipinski definition) is 1. The van der Waals surface area contributed by atoms with Gasteiger partial charge in [-0.25, -0.2) is 8.78 Å². The minimum absolute atomic E-state index is 0.0715. The van der Waals surface area contributed by atoms with Gasteiger partial charge in [0.25, 0.3) is 6.43 Å². The maximum absolute atomic E-state index is 11.8. The van der Waals surface area contributed by atoms with Crippen molar-refractivity contribution in [2.45, 2.75) is 19.4 Å². The second-order valence-electron chi connectivity index (χ2n) is 2.71. The molecule has 0 saturated heterocycles. The van der Waals surface area contributed by atoms with Crippen LogP contribution in [0, 0.1) is 0 Å².